The highest BCUT2D eigenvalue weighted by atomic mass is 79.9. The minimum absolute atomic E-state index is 0.233. The molecule has 2 N–H and O–H groups in total. The van der Waals surface area contributed by atoms with Gasteiger partial charge in [-0.25, -0.2) is 0 Å². The maximum atomic E-state index is 12.2. The number of rotatable bonds is 10. The second-order valence-electron chi connectivity index (χ2n) is 6.54. The van der Waals surface area contributed by atoms with Gasteiger partial charge >= 0.3 is 0 Å². The average molecular weight is 447 g/mol. The van der Waals surface area contributed by atoms with E-state index in [1.54, 1.807) is 18.2 Å². The third-order valence-electron chi connectivity index (χ3n) is 4.25. The molecule has 0 atom stereocenters. The van der Waals surface area contributed by atoms with Crippen molar-refractivity contribution in [2.45, 2.75) is 45.4 Å². The fourth-order valence-corrected chi connectivity index (χ4v) is 3.13. The molecule has 2 amide bonds. The second-order valence-corrected chi connectivity index (χ2v) is 7.40. The number of halogens is 1. The first-order valence-corrected chi connectivity index (χ1v) is 10.4. The summed E-state index contributed by atoms with van der Waals surface area (Å²) in [5.74, 6) is 0.103. The van der Waals surface area contributed by atoms with Crippen LogP contribution >= 0.6 is 15.9 Å². The van der Waals surface area contributed by atoms with E-state index in [4.69, 9.17) is 4.74 Å². The smallest absolute Gasteiger partial charge is 0.269 e. The van der Waals surface area contributed by atoms with Gasteiger partial charge in [-0.2, -0.15) is 0 Å². The van der Waals surface area contributed by atoms with Crippen LogP contribution in [0.25, 0.3) is 0 Å². The molecule has 2 rings (SSSR count). The van der Waals surface area contributed by atoms with Crippen LogP contribution in [0.2, 0.25) is 0 Å². The van der Waals surface area contributed by atoms with Crippen molar-refractivity contribution in [2.24, 2.45) is 0 Å². The lowest BCUT2D eigenvalue weighted by atomic mass is 10.1. The normalized spacial score (nSPS) is 10.4. The van der Waals surface area contributed by atoms with Crippen molar-refractivity contribution >= 4 is 27.7 Å². The summed E-state index contributed by atoms with van der Waals surface area (Å²) >= 11 is 3.44. The Morgan fingerprint density at radius 3 is 2.50 bits per heavy atom. The molecule has 28 heavy (non-hydrogen) atoms. The van der Waals surface area contributed by atoms with E-state index >= 15 is 0 Å². The number of benzene rings is 2. The molecule has 6 heteroatoms. The Morgan fingerprint density at radius 1 is 1.00 bits per heavy atom. The zero-order valence-corrected chi connectivity index (χ0v) is 17.8. The van der Waals surface area contributed by atoms with Gasteiger partial charge in [0.2, 0.25) is 5.91 Å². The number of hydrogen-bond donors (Lipinski definition) is 2. The molecule has 0 aliphatic heterocycles. The summed E-state index contributed by atoms with van der Waals surface area (Å²) in [5.41, 5.74) is 6.42. The molecule has 0 bridgehead atoms. The first kappa shape index (κ1) is 22.0. The van der Waals surface area contributed by atoms with Crippen molar-refractivity contribution in [1.29, 1.82) is 0 Å². The average Bonchev–Trinajstić information content (AvgIpc) is 2.72. The van der Waals surface area contributed by atoms with Crippen LogP contribution in [0.4, 0.5) is 0 Å². The molecule has 0 heterocycles. The molecule has 0 saturated heterocycles. The largest absolute Gasteiger partial charge is 0.492 e. The lowest BCUT2D eigenvalue weighted by Crippen LogP contribution is -2.41. The van der Waals surface area contributed by atoms with Gasteiger partial charge in [0.25, 0.3) is 5.91 Å². The van der Waals surface area contributed by atoms with Crippen molar-refractivity contribution in [3.63, 3.8) is 0 Å². The van der Waals surface area contributed by atoms with Crippen LogP contribution in [0.1, 0.15) is 54.9 Å². The number of ether oxygens (including phenoxy) is 1. The van der Waals surface area contributed by atoms with Gasteiger partial charge in [-0.3, -0.25) is 20.4 Å². The van der Waals surface area contributed by atoms with E-state index in [2.05, 4.69) is 33.7 Å². The van der Waals surface area contributed by atoms with E-state index in [-0.39, 0.29) is 11.8 Å². The molecule has 0 unspecified atom stereocenters. The SMILES string of the molecule is CCCCCCOc1ccc(C(=O)NNC(=O)CCc2ccccc2)cc1Br. The molecule has 0 radical (unpaired) electrons. The van der Waals surface area contributed by atoms with Crippen molar-refractivity contribution in [1.82, 2.24) is 10.9 Å². The summed E-state index contributed by atoms with van der Waals surface area (Å²) in [6.45, 7) is 2.83. The number of aryl methyl sites for hydroxylation is 1. The van der Waals surface area contributed by atoms with Crippen molar-refractivity contribution in [3.05, 3.63) is 64.1 Å². The van der Waals surface area contributed by atoms with Crippen LogP contribution < -0.4 is 15.6 Å². The third-order valence-corrected chi connectivity index (χ3v) is 4.87. The molecular formula is C22H27BrN2O3. The van der Waals surface area contributed by atoms with Crippen molar-refractivity contribution in [2.75, 3.05) is 6.61 Å². The number of carbonyl (C=O) groups excluding carboxylic acids is 2. The molecule has 0 aromatic heterocycles. The first-order valence-electron chi connectivity index (χ1n) is 9.65. The summed E-state index contributed by atoms with van der Waals surface area (Å²) in [6.07, 6.45) is 5.49. The lowest BCUT2D eigenvalue weighted by Gasteiger charge is -2.11. The van der Waals surface area contributed by atoms with Crippen LogP contribution in [0.3, 0.4) is 0 Å². The predicted octanol–water partition coefficient (Wildman–Crippen LogP) is 4.80. The number of nitrogens with one attached hydrogen (secondary N) is 2. The Hall–Kier alpha value is -2.34. The highest BCUT2D eigenvalue weighted by Crippen LogP contribution is 2.26. The molecule has 0 fully saturated rings. The van der Waals surface area contributed by atoms with Gasteiger partial charge in [0.15, 0.2) is 0 Å². The zero-order valence-electron chi connectivity index (χ0n) is 16.2. The van der Waals surface area contributed by atoms with Gasteiger partial charge < -0.3 is 4.74 Å². The molecule has 0 saturated carbocycles. The number of hydrazine groups is 1. The Morgan fingerprint density at radius 2 is 1.79 bits per heavy atom. The first-order chi connectivity index (χ1) is 13.6. The Kier molecular flexibility index (Phi) is 9.55. The second kappa shape index (κ2) is 12.2. The number of amides is 2. The van der Waals surface area contributed by atoms with Gasteiger partial charge in [0.05, 0.1) is 11.1 Å². The van der Waals surface area contributed by atoms with Gasteiger partial charge in [-0.15, -0.1) is 0 Å². The molecule has 0 spiro atoms. The summed E-state index contributed by atoms with van der Waals surface area (Å²) in [5, 5.41) is 0. The molecule has 150 valence electrons. The fourth-order valence-electron chi connectivity index (χ4n) is 2.63. The summed E-state index contributed by atoms with van der Waals surface area (Å²) in [4.78, 5) is 24.1. The summed E-state index contributed by atoms with van der Waals surface area (Å²) < 4.78 is 6.46. The Balaban J connectivity index is 1.75. The molecular weight excluding hydrogens is 420 g/mol. The van der Waals surface area contributed by atoms with E-state index in [1.807, 2.05) is 30.3 Å². The standard InChI is InChI=1S/C22H27BrN2O3/c1-2-3-4-8-15-28-20-13-12-18(16-19(20)23)22(27)25-24-21(26)14-11-17-9-6-5-7-10-17/h5-7,9-10,12-13,16H,2-4,8,11,14-15H2,1H3,(H,24,26)(H,25,27). The number of hydrogen-bond acceptors (Lipinski definition) is 3. The fraction of sp³-hybridized carbons (Fsp3) is 0.364. The van der Waals surface area contributed by atoms with Crippen LogP contribution in [-0.2, 0) is 11.2 Å². The quantitative estimate of drug-likeness (QED) is 0.406. The van der Waals surface area contributed by atoms with Crippen LogP contribution in [0.15, 0.2) is 53.0 Å². The zero-order chi connectivity index (χ0) is 20.2. The Bertz CT molecular complexity index is 766. The van der Waals surface area contributed by atoms with Crippen LogP contribution in [0.5, 0.6) is 5.75 Å². The maximum absolute atomic E-state index is 12.2. The van der Waals surface area contributed by atoms with E-state index in [0.717, 1.165) is 18.4 Å². The van der Waals surface area contributed by atoms with Gasteiger partial charge in [-0.05, 0) is 52.5 Å². The maximum Gasteiger partial charge on any atom is 0.269 e. The van der Waals surface area contributed by atoms with Gasteiger partial charge in [-0.1, -0.05) is 56.5 Å². The van der Waals surface area contributed by atoms with Gasteiger partial charge in [0, 0.05) is 12.0 Å². The molecule has 2 aromatic rings. The highest BCUT2D eigenvalue weighted by molar-refractivity contribution is 9.10. The molecule has 0 aliphatic carbocycles. The molecule has 5 nitrogen and oxygen atoms in total. The van der Waals surface area contributed by atoms with Crippen LogP contribution in [0, 0.1) is 0 Å². The summed E-state index contributed by atoms with van der Waals surface area (Å²) in [6, 6.07) is 14.9. The monoisotopic (exact) mass is 446 g/mol. The number of carbonyl (C=O) groups is 2. The topological polar surface area (TPSA) is 67.4 Å². The Labute approximate surface area is 175 Å². The van der Waals surface area contributed by atoms with E-state index in [9.17, 15) is 9.59 Å². The lowest BCUT2D eigenvalue weighted by molar-refractivity contribution is -0.121. The van der Waals surface area contributed by atoms with E-state index in [1.165, 1.54) is 12.8 Å². The van der Waals surface area contributed by atoms with E-state index < -0.39 is 0 Å². The minimum Gasteiger partial charge on any atom is -0.492 e. The molecule has 2 aromatic carbocycles. The molecule has 0 aliphatic rings. The van der Waals surface area contributed by atoms with Gasteiger partial charge in [0.1, 0.15) is 5.75 Å². The summed E-state index contributed by atoms with van der Waals surface area (Å²) in [7, 11) is 0. The van der Waals surface area contributed by atoms with Crippen molar-refractivity contribution < 1.29 is 14.3 Å². The van der Waals surface area contributed by atoms with Crippen molar-refractivity contribution in [3.8, 4) is 5.75 Å². The number of unbranched alkanes of at least 4 members (excludes halogenated alkanes) is 3. The predicted molar refractivity (Wildman–Crippen MR) is 114 cm³/mol. The van der Waals surface area contributed by atoms with E-state index in [0.29, 0.717) is 35.2 Å². The minimum atomic E-state index is -0.372. The van der Waals surface area contributed by atoms with Crippen LogP contribution in [-0.4, -0.2) is 18.4 Å². The highest BCUT2D eigenvalue weighted by Gasteiger charge is 2.10. The third kappa shape index (κ3) is 7.72.